The van der Waals surface area contributed by atoms with Crippen LogP contribution in [-0.2, 0) is 9.68 Å². The second-order valence-corrected chi connectivity index (χ2v) is 13.8. The summed E-state index contributed by atoms with van der Waals surface area (Å²) in [5, 5.41) is 1.68. The van der Waals surface area contributed by atoms with Crippen LogP contribution in [0.15, 0.2) is 24.3 Å². The van der Waals surface area contributed by atoms with Gasteiger partial charge in [0.1, 0.15) is 11.4 Å². The van der Waals surface area contributed by atoms with Gasteiger partial charge in [-0.2, -0.15) is 0 Å². The molecule has 46 heavy (non-hydrogen) atoms. The Bertz CT molecular complexity index is 727. The molecule has 0 aromatic heterocycles. The van der Waals surface area contributed by atoms with Gasteiger partial charge >= 0.3 is 0 Å². The predicted molar refractivity (Wildman–Crippen MR) is 202 cm³/mol. The highest BCUT2D eigenvalue weighted by atomic mass is 16.9. The van der Waals surface area contributed by atoms with Crippen LogP contribution in [0.4, 0.5) is 5.69 Å². The van der Waals surface area contributed by atoms with Crippen LogP contribution in [0.3, 0.4) is 0 Å². The van der Waals surface area contributed by atoms with Crippen molar-refractivity contribution >= 4 is 5.69 Å². The van der Waals surface area contributed by atoms with Crippen LogP contribution in [-0.4, -0.2) is 19.8 Å². The molecule has 0 N–H and O–H groups in total. The van der Waals surface area contributed by atoms with Crippen LogP contribution in [0.1, 0.15) is 213 Å². The van der Waals surface area contributed by atoms with Gasteiger partial charge in [-0.1, -0.05) is 206 Å². The molecular formula is C42H79NO3. The quantitative estimate of drug-likeness (QED) is 0.0532. The van der Waals surface area contributed by atoms with Crippen LogP contribution in [0.25, 0.3) is 0 Å². The van der Waals surface area contributed by atoms with E-state index in [9.17, 15) is 0 Å². The largest absolute Gasteiger partial charge is 0.491 e. The van der Waals surface area contributed by atoms with Crippen molar-refractivity contribution in [1.82, 2.24) is 0 Å². The van der Waals surface area contributed by atoms with Crippen LogP contribution in [0.2, 0.25) is 0 Å². The minimum Gasteiger partial charge on any atom is -0.491 e. The summed E-state index contributed by atoms with van der Waals surface area (Å²) >= 11 is 0. The molecule has 0 heterocycles. The molecule has 0 bridgehead atoms. The van der Waals surface area contributed by atoms with Gasteiger partial charge in [0.15, 0.2) is 0 Å². The Morgan fingerprint density at radius 2 is 0.674 bits per heavy atom. The molecule has 0 radical (unpaired) electrons. The lowest BCUT2D eigenvalue weighted by molar-refractivity contribution is -0.0921. The van der Waals surface area contributed by atoms with Crippen LogP contribution < -0.4 is 9.96 Å². The van der Waals surface area contributed by atoms with Gasteiger partial charge in [0.05, 0.1) is 19.8 Å². The number of unbranched alkanes of at least 4 members (excludes halogenated alkanes) is 27. The molecule has 270 valence electrons. The van der Waals surface area contributed by atoms with Crippen molar-refractivity contribution in [3.05, 3.63) is 24.3 Å². The number of ether oxygens (including phenoxy) is 1. The average molecular weight is 646 g/mol. The predicted octanol–water partition coefficient (Wildman–Crippen LogP) is 14.5. The molecule has 0 saturated carbocycles. The first kappa shape index (κ1) is 42.8. The van der Waals surface area contributed by atoms with Gasteiger partial charge in [-0.3, -0.25) is 0 Å². The molecule has 0 fully saturated rings. The monoisotopic (exact) mass is 646 g/mol. The molecule has 0 spiro atoms. The third-order valence-electron chi connectivity index (χ3n) is 9.23. The van der Waals surface area contributed by atoms with Crippen molar-refractivity contribution in [2.75, 3.05) is 25.0 Å². The third-order valence-corrected chi connectivity index (χ3v) is 9.23. The molecule has 0 saturated heterocycles. The van der Waals surface area contributed by atoms with E-state index in [0.717, 1.165) is 37.3 Å². The molecule has 4 nitrogen and oxygen atoms in total. The first-order valence-corrected chi connectivity index (χ1v) is 20.6. The van der Waals surface area contributed by atoms with E-state index in [0.29, 0.717) is 13.2 Å². The third kappa shape index (κ3) is 26.8. The van der Waals surface area contributed by atoms with Crippen molar-refractivity contribution in [3.8, 4) is 5.75 Å². The van der Waals surface area contributed by atoms with Crippen molar-refractivity contribution in [1.29, 1.82) is 0 Å². The Balaban J connectivity index is 2.40. The maximum atomic E-state index is 6.29. The summed E-state index contributed by atoms with van der Waals surface area (Å²) in [4.78, 5) is 12.5. The van der Waals surface area contributed by atoms with Gasteiger partial charge in [-0.25, -0.2) is 9.68 Å². The van der Waals surface area contributed by atoms with E-state index in [1.165, 1.54) is 173 Å². The fraction of sp³-hybridized carbons (Fsp3) is 0.857. The summed E-state index contributed by atoms with van der Waals surface area (Å²) in [6.07, 6.45) is 39.8. The molecule has 1 rings (SSSR count). The second-order valence-electron chi connectivity index (χ2n) is 13.8. The minimum atomic E-state index is 0.682. The number of rotatable bonds is 37. The first-order valence-electron chi connectivity index (χ1n) is 20.6. The van der Waals surface area contributed by atoms with Crippen molar-refractivity contribution in [3.63, 3.8) is 0 Å². The van der Waals surface area contributed by atoms with Crippen LogP contribution >= 0.6 is 0 Å². The Morgan fingerprint density at radius 3 is 1.04 bits per heavy atom. The number of hydrogen-bond donors (Lipinski definition) is 0. The lowest BCUT2D eigenvalue weighted by Crippen LogP contribution is -2.26. The van der Waals surface area contributed by atoms with E-state index in [-0.39, 0.29) is 0 Å². The van der Waals surface area contributed by atoms with E-state index in [1.54, 1.807) is 5.23 Å². The fourth-order valence-electron chi connectivity index (χ4n) is 6.15. The molecule has 0 aliphatic heterocycles. The lowest BCUT2D eigenvalue weighted by Gasteiger charge is -2.25. The Labute approximate surface area is 288 Å². The van der Waals surface area contributed by atoms with Gasteiger partial charge < -0.3 is 4.74 Å². The maximum absolute atomic E-state index is 6.29. The van der Waals surface area contributed by atoms with Crippen molar-refractivity contribution in [2.45, 2.75) is 213 Å². The van der Waals surface area contributed by atoms with E-state index in [2.05, 4.69) is 45.0 Å². The molecule has 1 aromatic carbocycles. The minimum absolute atomic E-state index is 0.682. The van der Waals surface area contributed by atoms with Gasteiger partial charge in [-0.15, -0.1) is 5.23 Å². The molecule has 0 aliphatic rings. The zero-order valence-electron chi connectivity index (χ0n) is 31.3. The zero-order chi connectivity index (χ0) is 33.0. The SMILES string of the molecule is CCCCCCCCCCCCCCON(OCCCCCCCCCCCC)c1ccccc1OCCCCCCCCCC. The van der Waals surface area contributed by atoms with Gasteiger partial charge in [0.2, 0.25) is 0 Å². The number of benzene rings is 1. The van der Waals surface area contributed by atoms with Gasteiger partial charge in [0.25, 0.3) is 0 Å². The highest BCUT2D eigenvalue weighted by Gasteiger charge is 2.14. The summed E-state index contributed by atoms with van der Waals surface area (Å²) in [6, 6.07) is 8.24. The van der Waals surface area contributed by atoms with Crippen molar-refractivity contribution in [2.24, 2.45) is 0 Å². The molecule has 0 atom stereocenters. The number of para-hydroxylation sites is 2. The molecule has 0 unspecified atom stereocenters. The Hall–Kier alpha value is -1.26. The summed E-state index contributed by atoms with van der Waals surface area (Å²) in [7, 11) is 0. The lowest BCUT2D eigenvalue weighted by atomic mass is 10.1. The second kappa shape index (κ2) is 35.1. The highest BCUT2D eigenvalue weighted by molar-refractivity contribution is 5.55. The van der Waals surface area contributed by atoms with Gasteiger partial charge in [0, 0.05) is 0 Å². The smallest absolute Gasteiger partial charge is 0.147 e. The van der Waals surface area contributed by atoms with E-state index in [1.807, 2.05) is 0 Å². The molecule has 0 amide bonds. The number of nitrogens with zero attached hydrogens (tertiary/aromatic N) is 1. The van der Waals surface area contributed by atoms with Crippen LogP contribution in [0.5, 0.6) is 5.75 Å². The Morgan fingerprint density at radius 1 is 0.370 bits per heavy atom. The Kier molecular flexibility index (Phi) is 32.6. The highest BCUT2D eigenvalue weighted by Crippen LogP contribution is 2.29. The molecular weight excluding hydrogens is 566 g/mol. The van der Waals surface area contributed by atoms with E-state index in [4.69, 9.17) is 14.4 Å². The standard InChI is InChI=1S/C42H79NO3/c1-4-7-10-13-16-19-21-22-24-27-30-35-40-46-43(45-39-34-29-26-23-20-17-14-11-8-5-2)41-36-31-32-37-42(41)44-38-33-28-25-18-15-12-9-6-3/h31-32,36-37H,4-30,33-35,38-40H2,1-3H3. The summed E-state index contributed by atoms with van der Waals surface area (Å²) in [5.41, 5.74) is 0.896. The van der Waals surface area contributed by atoms with E-state index < -0.39 is 0 Å². The first-order chi connectivity index (χ1) is 22.8. The van der Waals surface area contributed by atoms with Crippen molar-refractivity contribution < 1.29 is 14.4 Å². The van der Waals surface area contributed by atoms with Gasteiger partial charge in [-0.05, 0) is 31.4 Å². The number of anilines is 1. The topological polar surface area (TPSA) is 30.9 Å². The summed E-state index contributed by atoms with van der Waals surface area (Å²) in [5.74, 6) is 0.864. The number of hydrogen-bond acceptors (Lipinski definition) is 4. The molecule has 4 heteroatoms. The van der Waals surface area contributed by atoms with E-state index >= 15 is 0 Å². The molecule has 1 aromatic rings. The molecule has 0 aliphatic carbocycles. The normalized spacial score (nSPS) is 11.4. The van der Waals surface area contributed by atoms with Crippen LogP contribution in [0, 0.1) is 0 Å². The fourth-order valence-corrected chi connectivity index (χ4v) is 6.15. The maximum Gasteiger partial charge on any atom is 0.147 e. The summed E-state index contributed by atoms with van der Waals surface area (Å²) in [6.45, 7) is 8.97. The zero-order valence-corrected chi connectivity index (χ0v) is 31.3. The summed E-state index contributed by atoms with van der Waals surface area (Å²) < 4.78 is 6.29. The average Bonchev–Trinajstić information content (AvgIpc) is 3.07.